The second-order valence-corrected chi connectivity index (χ2v) is 7.14. The predicted molar refractivity (Wildman–Crippen MR) is 122 cm³/mol. The number of carbonyl (C=O) groups excluding carboxylic acids is 1. The lowest BCUT2D eigenvalue weighted by Gasteiger charge is -2.13. The average molecular weight is 397 g/mol. The number of fused-ring (bicyclic) bond motifs is 1. The normalized spacial score (nSPS) is 10.6. The summed E-state index contributed by atoms with van der Waals surface area (Å²) >= 11 is 0. The number of carbonyl (C=O) groups is 1. The summed E-state index contributed by atoms with van der Waals surface area (Å²) in [4.78, 5) is 20.7. The molecular weight excluding hydrogens is 374 g/mol. The third-order valence-corrected chi connectivity index (χ3v) is 4.62. The number of nitrogens with one attached hydrogen (secondary N) is 3. The Morgan fingerprint density at radius 2 is 1.67 bits per heavy atom. The number of para-hydroxylation sites is 1. The number of aryl methyl sites for hydroxylation is 1. The SMILES string of the molecule is CC(=O)Nc1cccc(Nc2nc(NCc3ccc(C)cc3)c3ccccc3n2)c1. The van der Waals surface area contributed by atoms with Gasteiger partial charge in [0.15, 0.2) is 0 Å². The first-order valence-electron chi connectivity index (χ1n) is 9.78. The van der Waals surface area contributed by atoms with Crippen LogP contribution in [-0.4, -0.2) is 15.9 Å². The van der Waals surface area contributed by atoms with Crippen molar-refractivity contribution in [1.29, 1.82) is 0 Å². The van der Waals surface area contributed by atoms with Gasteiger partial charge in [0.2, 0.25) is 11.9 Å². The molecule has 30 heavy (non-hydrogen) atoms. The summed E-state index contributed by atoms with van der Waals surface area (Å²) in [6.45, 7) is 4.23. The molecule has 1 amide bonds. The molecular formula is C24H23N5O. The first-order chi connectivity index (χ1) is 14.6. The summed E-state index contributed by atoms with van der Waals surface area (Å²) in [5.74, 6) is 1.14. The molecule has 0 aliphatic carbocycles. The molecule has 0 fully saturated rings. The van der Waals surface area contributed by atoms with E-state index >= 15 is 0 Å². The number of aromatic nitrogens is 2. The topological polar surface area (TPSA) is 78.9 Å². The molecule has 6 nitrogen and oxygen atoms in total. The Morgan fingerprint density at radius 3 is 2.47 bits per heavy atom. The second-order valence-electron chi connectivity index (χ2n) is 7.14. The maximum atomic E-state index is 11.3. The van der Waals surface area contributed by atoms with Crippen molar-refractivity contribution in [2.75, 3.05) is 16.0 Å². The molecule has 0 unspecified atom stereocenters. The highest BCUT2D eigenvalue weighted by molar-refractivity contribution is 5.91. The molecule has 1 heterocycles. The zero-order chi connectivity index (χ0) is 20.9. The van der Waals surface area contributed by atoms with Crippen LogP contribution in [0.1, 0.15) is 18.1 Å². The van der Waals surface area contributed by atoms with E-state index in [-0.39, 0.29) is 5.91 Å². The zero-order valence-electron chi connectivity index (χ0n) is 16.9. The number of hydrogen-bond acceptors (Lipinski definition) is 5. The van der Waals surface area contributed by atoms with Crippen molar-refractivity contribution in [3.05, 3.63) is 83.9 Å². The number of nitrogens with zero attached hydrogens (tertiary/aromatic N) is 2. The van der Waals surface area contributed by atoms with Crippen molar-refractivity contribution in [2.24, 2.45) is 0 Å². The Labute approximate surface area is 175 Å². The predicted octanol–water partition coefficient (Wildman–Crippen LogP) is 5.25. The summed E-state index contributed by atoms with van der Waals surface area (Å²) in [5.41, 5.74) is 4.77. The van der Waals surface area contributed by atoms with Gasteiger partial charge in [-0.05, 0) is 42.8 Å². The summed E-state index contributed by atoms with van der Waals surface area (Å²) in [7, 11) is 0. The van der Waals surface area contributed by atoms with Crippen LogP contribution in [0, 0.1) is 6.92 Å². The maximum Gasteiger partial charge on any atom is 0.229 e. The van der Waals surface area contributed by atoms with Crippen LogP contribution in [0.3, 0.4) is 0 Å². The monoisotopic (exact) mass is 397 g/mol. The van der Waals surface area contributed by atoms with Gasteiger partial charge in [-0.25, -0.2) is 4.98 Å². The van der Waals surface area contributed by atoms with Gasteiger partial charge in [-0.15, -0.1) is 0 Å². The molecule has 150 valence electrons. The van der Waals surface area contributed by atoms with Crippen LogP contribution in [0.15, 0.2) is 72.8 Å². The molecule has 1 aromatic heterocycles. The standard InChI is InChI=1S/C24H23N5O/c1-16-10-12-18(13-11-16)15-25-23-21-8-3-4-9-22(21)28-24(29-23)27-20-7-5-6-19(14-20)26-17(2)30/h3-14H,15H2,1-2H3,(H,26,30)(H2,25,27,28,29). The summed E-state index contributed by atoms with van der Waals surface area (Å²) in [6, 6.07) is 23.8. The fourth-order valence-electron chi connectivity index (χ4n) is 3.17. The fourth-order valence-corrected chi connectivity index (χ4v) is 3.17. The van der Waals surface area contributed by atoms with Crippen molar-refractivity contribution in [3.63, 3.8) is 0 Å². The third-order valence-electron chi connectivity index (χ3n) is 4.62. The van der Waals surface area contributed by atoms with Crippen LogP contribution in [0.4, 0.5) is 23.1 Å². The quantitative estimate of drug-likeness (QED) is 0.414. The van der Waals surface area contributed by atoms with Crippen molar-refractivity contribution in [2.45, 2.75) is 20.4 Å². The number of benzene rings is 3. The first-order valence-corrected chi connectivity index (χ1v) is 9.78. The number of hydrogen-bond donors (Lipinski definition) is 3. The smallest absolute Gasteiger partial charge is 0.229 e. The molecule has 0 spiro atoms. The van der Waals surface area contributed by atoms with Crippen LogP contribution in [0.2, 0.25) is 0 Å². The van der Waals surface area contributed by atoms with E-state index in [1.54, 1.807) is 0 Å². The van der Waals surface area contributed by atoms with E-state index < -0.39 is 0 Å². The molecule has 4 aromatic rings. The van der Waals surface area contributed by atoms with E-state index in [1.807, 2.05) is 48.5 Å². The van der Waals surface area contributed by atoms with Crippen LogP contribution in [0.5, 0.6) is 0 Å². The van der Waals surface area contributed by atoms with Gasteiger partial charge < -0.3 is 16.0 Å². The fraction of sp³-hybridized carbons (Fsp3) is 0.125. The molecule has 0 radical (unpaired) electrons. The second kappa shape index (κ2) is 8.61. The van der Waals surface area contributed by atoms with Crippen LogP contribution in [0.25, 0.3) is 10.9 Å². The van der Waals surface area contributed by atoms with Crippen LogP contribution in [-0.2, 0) is 11.3 Å². The van der Waals surface area contributed by atoms with Crippen molar-refractivity contribution < 1.29 is 4.79 Å². The molecule has 3 aromatic carbocycles. The van der Waals surface area contributed by atoms with Crippen molar-refractivity contribution >= 4 is 40.0 Å². The minimum Gasteiger partial charge on any atom is -0.365 e. The highest BCUT2D eigenvalue weighted by Gasteiger charge is 2.08. The molecule has 0 saturated heterocycles. The maximum absolute atomic E-state index is 11.3. The largest absolute Gasteiger partial charge is 0.365 e. The molecule has 6 heteroatoms. The van der Waals surface area contributed by atoms with Gasteiger partial charge in [0.05, 0.1) is 5.52 Å². The Bertz CT molecular complexity index is 1190. The Morgan fingerprint density at radius 1 is 0.900 bits per heavy atom. The molecule has 0 atom stereocenters. The lowest BCUT2D eigenvalue weighted by molar-refractivity contribution is -0.114. The van der Waals surface area contributed by atoms with Crippen molar-refractivity contribution in [3.8, 4) is 0 Å². The minimum atomic E-state index is -0.114. The van der Waals surface area contributed by atoms with Gasteiger partial charge in [-0.3, -0.25) is 4.79 Å². The van der Waals surface area contributed by atoms with Gasteiger partial charge in [0.1, 0.15) is 5.82 Å². The number of anilines is 4. The zero-order valence-corrected chi connectivity index (χ0v) is 16.9. The highest BCUT2D eigenvalue weighted by atomic mass is 16.1. The molecule has 0 aliphatic heterocycles. The van der Waals surface area contributed by atoms with Gasteiger partial charge in [-0.1, -0.05) is 48.0 Å². The Kier molecular flexibility index (Phi) is 5.57. The van der Waals surface area contributed by atoms with Crippen molar-refractivity contribution in [1.82, 2.24) is 9.97 Å². The van der Waals surface area contributed by atoms with E-state index in [4.69, 9.17) is 4.98 Å². The minimum absolute atomic E-state index is 0.114. The van der Waals surface area contributed by atoms with Gasteiger partial charge in [0, 0.05) is 30.2 Å². The molecule has 4 rings (SSSR count). The van der Waals surface area contributed by atoms with Gasteiger partial charge in [0.25, 0.3) is 0 Å². The number of rotatable bonds is 6. The lowest BCUT2D eigenvalue weighted by atomic mass is 10.1. The van der Waals surface area contributed by atoms with E-state index in [0.29, 0.717) is 18.2 Å². The lowest BCUT2D eigenvalue weighted by Crippen LogP contribution is -2.07. The van der Waals surface area contributed by atoms with E-state index in [9.17, 15) is 4.79 Å². The summed E-state index contributed by atoms with van der Waals surface area (Å²) in [5, 5.41) is 10.4. The third kappa shape index (κ3) is 4.72. The van der Waals surface area contributed by atoms with Crippen LogP contribution >= 0.6 is 0 Å². The van der Waals surface area contributed by atoms with Crippen LogP contribution < -0.4 is 16.0 Å². The van der Waals surface area contributed by atoms with E-state index in [1.165, 1.54) is 18.1 Å². The highest BCUT2D eigenvalue weighted by Crippen LogP contribution is 2.25. The molecule has 0 aliphatic rings. The summed E-state index contributed by atoms with van der Waals surface area (Å²) < 4.78 is 0. The molecule has 0 saturated carbocycles. The first kappa shape index (κ1) is 19.4. The van der Waals surface area contributed by atoms with Gasteiger partial charge in [-0.2, -0.15) is 4.98 Å². The number of amides is 1. The Balaban J connectivity index is 1.61. The Hall–Kier alpha value is -3.93. The average Bonchev–Trinajstić information content (AvgIpc) is 2.73. The van der Waals surface area contributed by atoms with E-state index in [0.717, 1.165) is 22.4 Å². The molecule has 3 N–H and O–H groups in total. The summed E-state index contributed by atoms with van der Waals surface area (Å²) in [6.07, 6.45) is 0. The van der Waals surface area contributed by atoms with Gasteiger partial charge >= 0.3 is 0 Å². The molecule has 0 bridgehead atoms. The van der Waals surface area contributed by atoms with E-state index in [2.05, 4.69) is 52.1 Å².